The van der Waals surface area contributed by atoms with Crippen molar-refractivity contribution in [2.75, 3.05) is 0 Å². The van der Waals surface area contributed by atoms with E-state index in [2.05, 4.69) is 4.98 Å². The van der Waals surface area contributed by atoms with Crippen LogP contribution >= 0.6 is 11.6 Å². The Bertz CT molecular complexity index is 711. The fraction of sp³-hybridized carbons (Fsp3) is 0. The first kappa shape index (κ1) is 8.56. The molecule has 2 aromatic heterocycles. The number of hydrogen-bond acceptors (Lipinski definition) is 1. The molecule has 0 radical (unpaired) electrons. The van der Waals surface area contributed by atoms with E-state index < -0.39 is 0 Å². The maximum atomic E-state index is 11.6. The Morgan fingerprint density at radius 3 is 2.93 bits per heavy atom. The van der Waals surface area contributed by atoms with Crippen molar-refractivity contribution in [3.05, 3.63) is 52.0 Å². The molecule has 15 heavy (non-hydrogen) atoms. The highest BCUT2D eigenvalue weighted by Crippen LogP contribution is 2.21. The quantitative estimate of drug-likeness (QED) is 0.618. The van der Waals surface area contributed by atoms with E-state index in [1.54, 1.807) is 16.7 Å². The molecule has 1 N–H and O–H groups in total. The monoisotopic (exact) mass is 218 g/mol. The normalized spacial score (nSPS) is 11.3. The zero-order valence-electron chi connectivity index (χ0n) is 7.70. The molecule has 4 heteroatoms. The van der Waals surface area contributed by atoms with Crippen LogP contribution in [0.2, 0.25) is 5.02 Å². The third kappa shape index (κ3) is 1.17. The molecule has 0 amide bonds. The molecule has 3 aromatic rings. The van der Waals surface area contributed by atoms with Gasteiger partial charge in [-0.1, -0.05) is 17.7 Å². The summed E-state index contributed by atoms with van der Waals surface area (Å²) in [6.45, 7) is 0. The van der Waals surface area contributed by atoms with Gasteiger partial charge in [-0.25, -0.2) is 4.79 Å². The zero-order valence-corrected chi connectivity index (χ0v) is 8.45. The van der Waals surface area contributed by atoms with Crippen LogP contribution in [-0.2, 0) is 0 Å². The fourth-order valence-corrected chi connectivity index (χ4v) is 1.97. The summed E-state index contributed by atoms with van der Waals surface area (Å²) in [6, 6.07) is 9.33. The van der Waals surface area contributed by atoms with E-state index in [1.807, 2.05) is 24.3 Å². The summed E-state index contributed by atoms with van der Waals surface area (Å²) in [7, 11) is 0. The molecule has 0 aliphatic carbocycles. The smallest absolute Gasteiger partial charge is 0.314 e. The van der Waals surface area contributed by atoms with Gasteiger partial charge >= 0.3 is 5.69 Å². The van der Waals surface area contributed by atoms with Gasteiger partial charge in [0.15, 0.2) is 0 Å². The molecule has 1 aromatic carbocycles. The second kappa shape index (κ2) is 2.87. The lowest BCUT2D eigenvalue weighted by atomic mass is 10.2. The van der Waals surface area contributed by atoms with Gasteiger partial charge in [0.25, 0.3) is 0 Å². The number of halogens is 1. The van der Waals surface area contributed by atoms with Crippen LogP contribution < -0.4 is 5.69 Å². The number of aromatic amines is 1. The second-order valence-electron chi connectivity index (χ2n) is 3.39. The van der Waals surface area contributed by atoms with E-state index in [0.29, 0.717) is 5.02 Å². The minimum absolute atomic E-state index is 0.148. The summed E-state index contributed by atoms with van der Waals surface area (Å²) >= 11 is 5.90. The maximum absolute atomic E-state index is 11.6. The van der Waals surface area contributed by atoms with Gasteiger partial charge in [0.2, 0.25) is 0 Å². The number of fused-ring (bicyclic) bond motifs is 3. The molecule has 3 nitrogen and oxygen atoms in total. The maximum Gasteiger partial charge on any atom is 0.330 e. The summed E-state index contributed by atoms with van der Waals surface area (Å²) in [5.41, 5.74) is 1.56. The van der Waals surface area contributed by atoms with Crippen molar-refractivity contribution in [2.24, 2.45) is 0 Å². The molecule has 0 atom stereocenters. The average molecular weight is 219 g/mol. The Morgan fingerprint density at radius 2 is 2.07 bits per heavy atom. The molecule has 3 rings (SSSR count). The van der Waals surface area contributed by atoms with Gasteiger partial charge in [-0.3, -0.25) is 4.40 Å². The molecular formula is C11H7ClN2O. The average Bonchev–Trinajstić information content (AvgIpc) is 2.57. The highest BCUT2D eigenvalue weighted by atomic mass is 35.5. The Hall–Kier alpha value is -1.74. The standard InChI is InChI=1S/C11H7ClN2O/c12-8-2-1-7-5-9-3-4-13-11(15)14(9)10(7)6-8/h1-6H,(H,13,15). The van der Waals surface area contributed by atoms with Crippen molar-refractivity contribution in [1.82, 2.24) is 9.38 Å². The van der Waals surface area contributed by atoms with Gasteiger partial charge in [-0.2, -0.15) is 0 Å². The Labute approximate surface area is 89.9 Å². The van der Waals surface area contributed by atoms with Gasteiger partial charge < -0.3 is 4.98 Å². The van der Waals surface area contributed by atoms with Crippen LogP contribution in [0.5, 0.6) is 0 Å². The van der Waals surface area contributed by atoms with Gasteiger partial charge in [0, 0.05) is 16.6 Å². The molecule has 0 aliphatic heterocycles. The first-order valence-electron chi connectivity index (χ1n) is 4.54. The number of H-pyrrole nitrogens is 1. The predicted molar refractivity (Wildman–Crippen MR) is 60.5 cm³/mol. The van der Waals surface area contributed by atoms with Crippen LogP contribution in [0, 0.1) is 0 Å². The number of benzene rings is 1. The molecule has 2 heterocycles. The van der Waals surface area contributed by atoms with Crippen molar-refractivity contribution < 1.29 is 0 Å². The van der Waals surface area contributed by atoms with Crippen LogP contribution in [0.25, 0.3) is 16.4 Å². The minimum atomic E-state index is -0.148. The summed E-state index contributed by atoms with van der Waals surface area (Å²) < 4.78 is 1.61. The second-order valence-corrected chi connectivity index (χ2v) is 3.83. The van der Waals surface area contributed by atoms with E-state index in [-0.39, 0.29) is 5.69 Å². The number of nitrogens with one attached hydrogen (secondary N) is 1. The summed E-state index contributed by atoms with van der Waals surface area (Å²) in [5.74, 6) is 0. The largest absolute Gasteiger partial charge is 0.330 e. The van der Waals surface area contributed by atoms with Crippen LogP contribution in [0.15, 0.2) is 41.3 Å². The summed E-state index contributed by atoms with van der Waals surface area (Å²) in [5, 5.41) is 1.64. The van der Waals surface area contributed by atoms with E-state index in [0.717, 1.165) is 16.4 Å². The van der Waals surface area contributed by atoms with E-state index in [1.165, 1.54) is 0 Å². The molecular weight excluding hydrogens is 212 g/mol. The van der Waals surface area contributed by atoms with Gasteiger partial charge in [0.05, 0.1) is 11.0 Å². The van der Waals surface area contributed by atoms with E-state index in [4.69, 9.17) is 11.6 Å². The fourth-order valence-electron chi connectivity index (χ4n) is 1.81. The van der Waals surface area contributed by atoms with Gasteiger partial charge in [0.1, 0.15) is 0 Å². The molecule has 0 spiro atoms. The van der Waals surface area contributed by atoms with Crippen LogP contribution in [0.4, 0.5) is 0 Å². The number of rotatable bonds is 0. The summed E-state index contributed by atoms with van der Waals surface area (Å²) in [6.07, 6.45) is 1.64. The van der Waals surface area contributed by atoms with Crippen molar-refractivity contribution >= 4 is 28.0 Å². The molecule has 74 valence electrons. The lowest BCUT2D eigenvalue weighted by molar-refractivity contribution is 1.04. The predicted octanol–water partition coefficient (Wildman–Crippen LogP) is 2.43. The Morgan fingerprint density at radius 1 is 1.20 bits per heavy atom. The topological polar surface area (TPSA) is 37.3 Å². The Kier molecular flexibility index (Phi) is 1.64. The van der Waals surface area contributed by atoms with Gasteiger partial charge in [-0.05, 0) is 24.3 Å². The van der Waals surface area contributed by atoms with E-state index in [9.17, 15) is 4.79 Å². The van der Waals surface area contributed by atoms with Crippen LogP contribution in [0.1, 0.15) is 0 Å². The molecule has 0 unspecified atom stereocenters. The zero-order chi connectivity index (χ0) is 10.4. The van der Waals surface area contributed by atoms with Crippen LogP contribution in [0.3, 0.4) is 0 Å². The first-order chi connectivity index (χ1) is 7.25. The first-order valence-corrected chi connectivity index (χ1v) is 4.92. The number of nitrogens with zero attached hydrogens (tertiary/aromatic N) is 1. The lowest BCUT2D eigenvalue weighted by Gasteiger charge is -1.95. The SMILES string of the molecule is O=c1[nH]ccc2cc3ccc(Cl)cc3n12. The molecule has 0 bridgehead atoms. The molecule has 0 saturated heterocycles. The minimum Gasteiger partial charge on any atom is -0.314 e. The highest BCUT2D eigenvalue weighted by molar-refractivity contribution is 6.31. The van der Waals surface area contributed by atoms with Crippen molar-refractivity contribution in [3.8, 4) is 0 Å². The third-order valence-corrected chi connectivity index (χ3v) is 2.69. The Balaban J connectivity index is 2.67. The summed E-state index contributed by atoms with van der Waals surface area (Å²) in [4.78, 5) is 14.3. The van der Waals surface area contributed by atoms with Gasteiger partial charge in [-0.15, -0.1) is 0 Å². The van der Waals surface area contributed by atoms with Crippen molar-refractivity contribution in [3.63, 3.8) is 0 Å². The molecule has 0 aliphatic rings. The van der Waals surface area contributed by atoms with Crippen LogP contribution in [-0.4, -0.2) is 9.38 Å². The molecule has 0 fully saturated rings. The van der Waals surface area contributed by atoms with Crippen molar-refractivity contribution in [1.29, 1.82) is 0 Å². The lowest BCUT2D eigenvalue weighted by Crippen LogP contribution is -2.14. The third-order valence-electron chi connectivity index (χ3n) is 2.46. The highest BCUT2D eigenvalue weighted by Gasteiger charge is 2.04. The molecule has 0 saturated carbocycles. The van der Waals surface area contributed by atoms with E-state index >= 15 is 0 Å². The number of aromatic nitrogens is 2. The number of hydrogen-bond donors (Lipinski definition) is 1. The van der Waals surface area contributed by atoms with Crippen molar-refractivity contribution in [2.45, 2.75) is 0 Å².